The zero-order valence-electron chi connectivity index (χ0n) is 21.7. The molecule has 0 spiro atoms. The van der Waals surface area contributed by atoms with E-state index in [2.05, 4.69) is 54.1 Å². The first-order valence-corrected chi connectivity index (χ1v) is 14.2. The highest BCUT2D eigenvalue weighted by atomic mass is 32.2. The number of sulfonamides is 1. The lowest BCUT2D eigenvalue weighted by atomic mass is 10.0. The van der Waals surface area contributed by atoms with E-state index < -0.39 is 10.0 Å². The Morgan fingerprint density at radius 2 is 1.62 bits per heavy atom. The average Bonchev–Trinajstić information content (AvgIpc) is 3.01. The molecule has 1 N–H and O–H groups in total. The van der Waals surface area contributed by atoms with Crippen molar-refractivity contribution in [2.45, 2.75) is 4.90 Å². The first-order valence-electron chi connectivity index (χ1n) is 12.7. The molecule has 0 atom stereocenters. The second kappa shape index (κ2) is 10.9. The van der Waals surface area contributed by atoms with Gasteiger partial charge in [0.25, 0.3) is 10.0 Å². The summed E-state index contributed by atoms with van der Waals surface area (Å²) in [6.45, 7) is 3.24. The minimum Gasteiger partial charge on any atom is -0.480 e. The van der Waals surface area contributed by atoms with Gasteiger partial charge in [-0.15, -0.1) is 10.2 Å². The van der Waals surface area contributed by atoms with Gasteiger partial charge in [0.1, 0.15) is 5.69 Å². The van der Waals surface area contributed by atoms with Crippen LogP contribution in [-0.4, -0.2) is 62.0 Å². The Labute approximate surface area is 231 Å². The van der Waals surface area contributed by atoms with Gasteiger partial charge >= 0.3 is 0 Å². The van der Waals surface area contributed by atoms with Gasteiger partial charge < -0.3 is 14.4 Å². The molecule has 1 fully saturated rings. The number of aromatic nitrogens is 4. The van der Waals surface area contributed by atoms with Gasteiger partial charge in [-0.05, 0) is 54.1 Å². The van der Waals surface area contributed by atoms with Crippen molar-refractivity contribution in [2.75, 3.05) is 43.0 Å². The molecule has 0 radical (unpaired) electrons. The van der Waals surface area contributed by atoms with Crippen molar-refractivity contribution < 1.29 is 17.9 Å². The number of hydrogen-bond donors (Lipinski definition) is 1. The van der Waals surface area contributed by atoms with Gasteiger partial charge in [-0.1, -0.05) is 18.2 Å². The Kier molecular flexibility index (Phi) is 6.97. The van der Waals surface area contributed by atoms with Crippen molar-refractivity contribution in [3.63, 3.8) is 0 Å². The van der Waals surface area contributed by atoms with Crippen molar-refractivity contribution in [1.29, 1.82) is 0 Å². The number of ether oxygens (including phenoxy) is 2. The summed E-state index contributed by atoms with van der Waals surface area (Å²) in [6, 6.07) is 20.6. The first kappa shape index (κ1) is 25.7. The van der Waals surface area contributed by atoms with E-state index in [4.69, 9.17) is 9.47 Å². The van der Waals surface area contributed by atoms with Crippen LogP contribution < -0.4 is 14.4 Å². The van der Waals surface area contributed by atoms with Crippen LogP contribution in [0.2, 0.25) is 0 Å². The second-order valence-electron chi connectivity index (χ2n) is 9.22. The van der Waals surface area contributed by atoms with Crippen LogP contribution in [0.4, 0.5) is 11.4 Å². The summed E-state index contributed by atoms with van der Waals surface area (Å²) in [6.07, 6.45) is 4.49. The number of methoxy groups -OCH3 is 1. The molecule has 0 unspecified atom stereocenters. The van der Waals surface area contributed by atoms with Gasteiger partial charge in [0, 0.05) is 53.9 Å². The Balaban J connectivity index is 1.30. The zero-order chi connectivity index (χ0) is 27.5. The van der Waals surface area contributed by atoms with Crippen LogP contribution in [0.1, 0.15) is 0 Å². The van der Waals surface area contributed by atoms with Crippen molar-refractivity contribution in [2.24, 2.45) is 0 Å². The molecule has 40 heavy (non-hydrogen) atoms. The minimum absolute atomic E-state index is 0.0877. The standard InChI is InChI=1S/C29H26N6O4S/c1-38-29-28(34-40(36,37)25-8-10-30-11-9-25)18-23(19-31-29)21-4-7-26-22(16-21)17-27(33-32-26)20-2-5-24(6-3-20)35-12-14-39-15-13-35/h2-11,16-19,34H,12-15H2,1H3. The summed E-state index contributed by atoms with van der Waals surface area (Å²) >= 11 is 0. The third-order valence-electron chi connectivity index (χ3n) is 6.71. The maximum Gasteiger partial charge on any atom is 0.262 e. The summed E-state index contributed by atoms with van der Waals surface area (Å²) in [5.74, 6) is 0.163. The number of morpholine rings is 1. The zero-order valence-corrected chi connectivity index (χ0v) is 22.5. The van der Waals surface area contributed by atoms with Gasteiger partial charge in [-0.25, -0.2) is 13.4 Å². The molecule has 4 heterocycles. The van der Waals surface area contributed by atoms with E-state index >= 15 is 0 Å². The topological polar surface area (TPSA) is 119 Å². The maximum atomic E-state index is 12.9. The molecule has 6 rings (SSSR count). The van der Waals surface area contributed by atoms with Crippen LogP contribution >= 0.6 is 0 Å². The van der Waals surface area contributed by atoms with Crippen LogP contribution in [0.3, 0.4) is 0 Å². The molecule has 2 aromatic carbocycles. The molecule has 0 bridgehead atoms. The van der Waals surface area contributed by atoms with Crippen LogP contribution in [0, 0.1) is 0 Å². The summed E-state index contributed by atoms with van der Waals surface area (Å²) in [7, 11) is -2.42. The molecule has 3 aromatic heterocycles. The van der Waals surface area contributed by atoms with Crippen molar-refractivity contribution in [3.05, 3.63) is 85.3 Å². The minimum atomic E-state index is -3.86. The normalized spacial score (nSPS) is 13.8. The Bertz CT molecular complexity index is 1760. The molecule has 1 aliphatic heterocycles. The summed E-state index contributed by atoms with van der Waals surface area (Å²) in [5, 5.41) is 9.75. The van der Waals surface area contributed by atoms with E-state index in [1.807, 2.05) is 24.3 Å². The van der Waals surface area contributed by atoms with E-state index in [0.29, 0.717) is 5.56 Å². The van der Waals surface area contributed by atoms with Gasteiger partial charge in [0.05, 0.1) is 36.4 Å². The number of anilines is 2. The Morgan fingerprint density at radius 3 is 2.38 bits per heavy atom. The molecule has 1 saturated heterocycles. The lowest BCUT2D eigenvalue weighted by Crippen LogP contribution is -2.36. The molecule has 0 saturated carbocycles. The van der Waals surface area contributed by atoms with E-state index in [0.717, 1.165) is 59.7 Å². The molecule has 10 nitrogen and oxygen atoms in total. The fraction of sp³-hybridized carbons (Fsp3) is 0.172. The second-order valence-corrected chi connectivity index (χ2v) is 10.9. The molecule has 5 aromatic rings. The molecule has 202 valence electrons. The van der Waals surface area contributed by atoms with Crippen LogP contribution in [0.15, 0.2) is 90.2 Å². The van der Waals surface area contributed by atoms with Crippen LogP contribution in [0.5, 0.6) is 5.88 Å². The Hall–Kier alpha value is -4.61. The van der Waals surface area contributed by atoms with Crippen molar-refractivity contribution in [3.8, 4) is 28.3 Å². The third kappa shape index (κ3) is 5.29. The van der Waals surface area contributed by atoms with E-state index in [1.54, 1.807) is 12.3 Å². The fourth-order valence-corrected chi connectivity index (χ4v) is 5.63. The molecule has 0 aliphatic carbocycles. The maximum absolute atomic E-state index is 12.9. The van der Waals surface area contributed by atoms with Crippen molar-refractivity contribution in [1.82, 2.24) is 20.2 Å². The molecule has 11 heteroatoms. The number of fused-ring (bicyclic) bond motifs is 1. The summed E-state index contributed by atoms with van der Waals surface area (Å²) < 4.78 is 39.2. The third-order valence-corrected chi connectivity index (χ3v) is 8.09. The predicted molar refractivity (Wildman–Crippen MR) is 153 cm³/mol. The molecular formula is C29H26N6O4S. The summed E-state index contributed by atoms with van der Waals surface area (Å²) in [5.41, 5.74) is 5.42. The smallest absolute Gasteiger partial charge is 0.262 e. The van der Waals surface area contributed by atoms with Gasteiger partial charge in [0.2, 0.25) is 5.88 Å². The average molecular weight is 555 g/mol. The summed E-state index contributed by atoms with van der Waals surface area (Å²) in [4.78, 5) is 10.6. The number of pyridine rings is 2. The van der Waals surface area contributed by atoms with Gasteiger partial charge in [-0.3, -0.25) is 9.71 Å². The number of benzene rings is 2. The molecular weight excluding hydrogens is 528 g/mol. The van der Waals surface area contributed by atoms with Gasteiger partial charge in [0.15, 0.2) is 0 Å². The largest absolute Gasteiger partial charge is 0.480 e. The molecule has 0 amide bonds. The lowest BCUT2D eigenvalue weighted by molar-refractivity contribution is 0.122. The quantitative estimate of drug-likeness (QED) is 0.312. The van der Waals surface area contributed by atoms with Crippen LogP contribution in [-0.2, 0) is 14.8 Å². The first-order chi connectivity index (χ1) is 19.5. The highest BCUT2D eigenvalue weighted by Gasteiger charge is 2.18. The monoisotopic (exact) mass is 554 g/mol. The highest BCUT2D eigenvalue weighted by molar-refractivity contribution is 7.92. The number of hydrogen-bond acceptors (Lipinski definition) is 9. The SMILES string of the molecule is COc1ncc(-c2ccc3nnc(-c4ccc(N5CCOCC5)cc4)cc3c2)cc1NS(=O)(=O)c1ccncc1. The lowest BCUT2D eigenvalue weighted by Gasteiger charge is -2.28. The number of nitrogens with zero attached hydrogens (tertiary/aromatic N) is 5. The van der Waals surface area contributed by atoms with Crippen LogP contribution in [0.25, 0.3) is 33.3 Å². The fourth-order valence-electron chi connectivity index (χ4n) is 4.60. The van der Waals surface area contributed by atoms with Crippen molar-refractivity contribution >= 4 is 32.3 Å². The van der Waals surface area contributed by atoms with E-state index in [1.165, 1.54) is 31.6 Å². The highest BCUT2D eigenvalue weighted by Crippen LogP contribution is 2.32. The predicted octanol–water partition coefficient (Wildman–Crippen LogP) is 4.40. The number of nitrogens with one attached hydrogen (secondary N) is 1. The van der Waals surface area contributed by atoms with E-state index in [-0.39, 0.29) is 16.5 Å². The number of rotatable bonds is 7. The Morgan fingerprint density at radius 1 is 0.875 bits per heavy atom. The van der Waals surface area contributed by atoms with Gasteiger partial charge in [-0.2, -0.15) is 0 Å². The molecule has 1 aliphatic rings. The van der Waals surface area contributed by atoms with E-state index in [9.17, 15) is 8.42 Å².